The van der Waals surface area contributed by atoms with Crippen LogP contribution in [-0.4, -0.2) is 36.5 Å². The predicted molar refractivity (Wildman–Crippen MR) is 65.4 cm³/mol. The largest absolute Gasteiger partial charge is 0.417 e. The molecule has 0 spiro atoms. The number of nitrogens with zero attached hydrogens (tertiary/aromatic N) is 1. The number of benzene rings is 1. The summed E-state index contributed by atoms with van der Waals surface area (Å²) < 4.78 is 63.8. The van der Waals surface area contributed by atoms with E-state index in [0.717, 1.165) is 22.5 Å². The van der Waals surface area contributed by atoms with Crippen molar-refractivity contribution in [1.82, 2.24) is 4.31 Å². The van der Waals surface area contributed by atoms with Crippen molar-refractivity contribution in [1.29, 1.82) is 0 Å². The van der Waals surface area contributed by atoms with Crippen LogP contribution < -0.4 is 0 Å². The van der Waals surface area contributed by atoms with Gasteiger partial charge in [0.05, 0.1) is 16.1 Å². The van der Waals surface area contributed by atoms with E-state index < -0.39 is 32.3 Å². The van der Waals surface area contributed by atoms with Crippen molar-refractivity contribution in [3.05, 3.63) is 29.8 Å². The van der Waals surface area contributed by atoms with Crippen LogP contribution in [0.5, 0.6) is 0 Å². The zero-order valence-corrected chi connectivity index (χ0v) is 11.5. The third kappa shape index (κ3) is 2.55. The Kier molecular flexibility index (Phi) is 3.60. The van der Waals surface area contributed by atoms with E-state index in [2.05, 4.69) is 0 Å². The molecular formula is C12H14F3NO3S. The van der Waals surface area contributed by atoms with Gasteiger partial charge < -0.3 is 5.11 Å². The number of hydrogen-bond acceptors (Lipinski definition) is 3. The molecule has 112 valence electrons. The third-order valence-corrected chi connectivity index (χ3v) is 5.26. The van der Waals surface area contributed by atoms with E-state index in [-0.39, 0.29) is 13.1 Å². The molecule has 0 aliphatic carbocycles. The second-order valence-corrected chi connectivity index (χ2v) is 6.75. The molecule has 0 saturated carbocycles. The topological polar surface area (TPSA) is 57.6 Å². The summed E-state index contributed by atoms with van der Waals surface area (Å²) >= 11 is 0. The lowest BCUT2D eigenvalue weighted by molar-refractivity contribution is -0.140. The van der Waals surface area contributed by atoms with Crippen molar-refractivity contribution >= 4 is 10.0 Å². The summed E-state index contributed by atoms with van der Waals surface area (Å²) in [5, 5.41) is 9.80. The Labute approximate surface area is 114 Å². The molecule has 0 radical (unpaired) electrons. The number of aliphatic hydroxyl groups is 1. The highest BCUT2D eigenvalue weighted by atomic mass is 32.2. The SMILES string of the molecule is CCC1(O)CN(S(=O)(=O)c2ccccc2C(F)(F)F)C1. The molecule has 2 rings (SSSR count). The van der Waals surface area contributed by atoms with Gasteiger partial charge in [0.2, 0.25) is 10.0 Å². The zero-order valence-electron chi connectivity index (χ0n) is 10.7. The maximum absolute atomic E-state index is 12.8. The molecule has 0 bridgehead atoms. The van der Waals surface area contributed by atoms with Crippen LogP contribution in [0.1, 0.15) is 18.9 Å². The van der Waals surface area contributed by atoms with E-state index >= 15 is 0 Å². The van der Waals surface area contributed by atoms with E-state index in [4.69, 9.17) is 0 Å². The van der Waals surface area contributed by atoms with Gasteiger partial charge in [-0.2, -0.15) is 17.5 Å². The fourth-order valence-corrected chi connectivity index (χ4v) is 3.88. The summed E-state index contributed by atoms with van der Waals surface area (Å²) in [5.74, 6) is 0. The van der Waals surface area contributed by atoms with Gasteiger partial charge in [-0.15, -0.1) is 0 Å². The van der Waals surface area contributed by atoms with Crippen LogP contribution in [0.2, 0.25) is 0 Å². The number of hydrogen-bond donors (Lipinski definition) is 1. The molecule has 20 heavy (non-hydrogen) atoms. The van der Waals surface area contributed by atoms with Gasteiger partial charge in [0.1, 0.15) is 0 Å². The Morgan fingerprint density at radius 2 is 1.85 bits per heavy atom. The van der Waals surface area contributed by atoms with Gasteiger partial charge in [-0.25, -0.2) is 8.42 Å². The quantitative estimate of drug-likeness (QED) is 0.927. The number of sulfonamides is 1. The Bertz CT molecular complexity index is 607. The summed E-state index contributed by atoms with van der Waals surface area (Å²) in [6, 6.07) is 4.05. The Morgan fingerprint density at radius 1 is 1.30 bits per heavy atom. The fourth-order valence-electron chi connectivity index (χ4n) is 2.07. The van der Waals surface area contributed by atoms with Crippen molar-refractivity contribution in [2.75, 3.05) is 13.1 Å². The minimum Gasteiger partial charge on any atom is -0.387 e. The average molecular weight is 309 g/mol. The first-order chi connectivity index (χ1) is 9.10. The van der Waals surface area contributed by atoms with Gasteiger partial charge in [0, 0.05) is 13.1 Å². The molecule has 1 aromatic rings. The van der Waals surface area contributed by atoms with E-state index in [1.807, 2.05) is 0 Å². The lowest BCUT2D eigenvalue weighted by Crippen LogP contribution is -2.63. The van der Waals surface area contributed by atoms with E-state index in [1.54, 1.807) is 6.92 Å². The van der Waals surface area contributed by atoms with Gasteiger partial charge >= 0.3 is 6.18 Å². The Hall–Kier alpha value is -1.12. The molecule has 1 aliphatic heterocycles. The van der Waals surface area contributed by atoms with Crippen molar-refractivity contribution in [3.8, 4) is 0 Å². The van der Waals surface area contributed by atoms with Gasteiger partial charge in [-0.1, -0.05) is 19.1 Å². The van der Waals surface area contributed by atoms with Gasteiger partial charge in [0.25, 0.3) is 0 Å². The van der Waals surface area contributed by atoms with Crippen molar-refractivity contribution in [2.45, 2.75) is 30.0 Å². The molecule has 0 atom stereocenters. The van der Waals surface area contributed by atoms with Crippen LogP contribution in [-0.2, 0) is 16.2 Å². The molecule has 1 heterocycles. The second kappa shape index (κ2) is 4.71. The summed E-state index contributed by atoms with van der Waals surface area (Å²) in [6.07, 6.45) is -4.39. The lowest BCUT2D eigenvalue weighted by atomic mass is 9.94. The van der Waals surface area contributed by atoms with Crippen LogP contribution in [0.3, 0.4) is 0 Å². The van der Waals surface area contributed by atoms with Crippen molar-refractivity contribution < 1.29 is 26.7 Å². The zero-order chi connectivity index (χ0) is 15.2. The van der Waals surface area contributed by atoms with E-state index in [1.165, 1.54) is 6.07 Å². The van der Waals surface area contributed by atoms with Crippen LogP contribution in [0.25, 0.3) is 0 Å². The fraction of sp³-hybridized carbons (Fsp3) is 0.500. The number of alkyl halides is 3. The predicted octanol–water partition coefficient (Wildman–Crippen LogP) is 1.85. The Morgan fingerprint density at radius 3 is 2.35 bits per heavy atom. The molecule has 1 aliphatic rings. The van der Waals surface area contributed by atoms with E-state index in [9.17, 15) is 26.7 Å². The molecule has 1 aromatic carbocycles. The van der Waals surface area contributed by atoms with E-state index in [0.29, 0.717) is 6.42 Å². The molecule has 0 unspecified atom stereocenters. The molecule has 1 fully saturated rings. The summed E-state index contributed by atoms with van der Waals surface area (Å²) in [5.41, 5.74) is -2.33. The highest BCUT2D eigenvalue weighted by molar-refractivity contribution is 7.89. The number of β-amino-alcohol motifs (C(OH)–C–C–N with tert-alkyl or cyclic N) is 1. The first-order valence-electron chi connectivity index (χ1n) is 5.99. The standard InChI is InChI=1S/C12H14F3NO3S/c1-2-11(17)7-16(8-11)20(18,19)10-6-4-3-5-9(10)12(13,14)15/h3-6,17H,2,7-8H2,1H3. The van der Waals surface area contributed by atoms with Crippen LogP contribution >= 0.6 is 0 Å². The monoisotopic (exact) mass is 309 g/mol. The highest BCUT2D eigenvalue weighted by Crippen LogP contribution is 2.37. The smallest absolute Gasteiger partial charge is 0.387 e. The normalized spacial score (nSPS) is 19.6. The number of rotatable bonds is 3. The molecule has 1 saturated heterocycles. The molecule has 8 heteroatoms. The summed E-state index contributed by atoms with van der Waals surface area (Å²) in [4.78, 5) is -0.773. The maximum atomic E-state index is 12.8. The van der Waals surface area contributed by atoms with Crippen LogP contribution in [0.4, 0.5) is 13.2 Å². The number of halogens is 3. The first-order valence-corrected chi connectivity index (χ1v) is 7.43. The average Bonchev–Trinajstić information content (AvgIpc) is 2.34. The van der Waals surface area contributed by atoms with Crippen LogP contribution in [0, 0.1) is 0 Å². The highest BCUT2D eigenvalue weighted by Gasteiger charge is 2.48. The van der Waals surface area contributed by atoms with Gasteiger partial charge in [-0.05, 0) is 18.6 Å². The molecular weight excluding hydrogens is 295 g/mol. The molecule has 4 nitrogen and oxygen atoms in total. The molecule has 1 N–H and O–H groups in total. The molecule has 0 aromatic heterocycles. The first kappa shape index (κ1) is 15.3. The van der Waals surface area contributed by atoms with Gasteiger partial charge in [0.15, 0.2) is 0 Å². The maximum Gasteiger partial charge on any atom is 0.417 e. The van der Waals surface area contributed by atoms with Crippen molar-refractivity contribution in [2.24, 2.45) is 0 Å². The second-order valence-electron chi connectivity index (χ2n) is 4.84. The summed E-state index contributed by atoms with van der Waals surface area (Å²) in [6.45, 7) is 1.32. The third-order valence-electron chi connectivity index (χ3n) is 3.41. The Balaban J connectivity index is 2.38. The minimum absolute atomic E-state index is 0.183. The minimum atomic E-state index is -4.74. The summed E-state index contributed by atoms with van der Waals surface area (Å²) in [7, 11) is -4.24. The lowest BCUT2D eigenvalue weighted by Gasteiger charge is -2.45. The molecule has 0 amide bonds. The van der Waals surface area contributed by atoms with Gasteiger partial charge in [-0.3, -0.25) is 0 Å². The van der Waals surface area contributed by atoms with Crippen molar-refractivity contribution in [3.63, 3.8) is 0 Å². The van der Waals surface area contributed by atoms with Crippen LogP contribution in [0.15, 0.2) is 29.2 Å².